The van der Waals surface area contributed by atoms with Gasteiger partial charge in [0, 0.05) is 19.3 Å². The molecular formula is C32H52N2O8. The number of rotatable bonds is 16. The van der Waals surface area contributed by atoms with Gasteiger partial charge in [-0.05, 0) is 64.7 Å². The smallest absolute Gasteiger partial charge is 0.328 e. The molecule has 0 aromatic rings. The average Bonchev–Trinajstić information content (AvgIpc) is 2.82. The van der Waals surface area contributed by atoms with Gasteiger partial charge in [-0.2, -0.15) is 0 Å². The molecule has 0 radical (unpaired) electrons. The van der Waals surface area contributed by atoms with Crippen LogP contribution in [0, 0.1) is 11.3 Å². The van der Waals surface area contributed by atoms with E-state index in [1.54, 1.807) is 27.7 Å². The molecule has 1 saturated carbocycles. The Morgan fingerprint density at radius 3 is 2.07 bits per heavy atom. The third-order valence-corrected chi connectivity index (χ3v) is 6.64. The summed E-state index contributed by atoms with van der Waals surface area (Å²) >= 11 is 0. The summed E-state index contributed by atoms with van der Waals surface area (Å²) in [6.07, 6.45) is 4.30. The lowest BCUT2D eigenvalue weighted by Crippen LogP contribution is -2.46. The van der Waals surface area contributed by atoms with E-state index in [2.05, 4.69) is 24.5 Å². The number of unbranched alkanes of at least 4 members (excludes halogenated alkanes) is 2. The van der Waals surface area contributed by atoms with Crippen molar-refractivity contribution in [2.24, 2.45) is 11.3 Å². The van der Waals surface area contributed by atoms with Gasteiger partial charge in [0.25, 0.3) is 0 Å². The fraction of sp³-hybridized carbons (Fsp3) is 0.750. The number of hydrogen-bond donors (Lipinski definition) is 2. The summed E-state index contributed by atoms with van der Waals surface area (Å²) in [6, 6.07) is -0.867. The molecule has 1 rings (SSSR count). The summed E-state index contributed by atoms with van der Waals surface area (Å²) in [5.74, 6) is -1.89. The van der Waals surface area contributed by atoms with Gasteiger partial charge in [-0.1, -0.05) is 46.1 Å². The summed E-state index contributed by atoms with van der Waals surface area (Å²) < 4.78 is 10.3. The number of amides is 2. The maximum Gasteiger partial charge on any atom is 0.328 e. The van der Waals surface area contributed by atoms with Crippen LogP contribution in [0.25, 0.3) is 0 Å². The summed E-state index contributed by atoms with van der Waals surface area (Å²) in [4.78, 5) is 74.5. The topological polar surface area (TPSA) is 145 Å². The molecule has 1 atom stereocenters. The van der Waals surface area contributed by atoms with Crippen LogP contribution in [0.1, 0.15) is 120 Å². The average molecular weight is 593 g/mol. The molecule has 2 amide bonds. The number of carbonyl (C=O) groups is 6. The van der Waals surface area contributed by atoms with Crippen molar-refractivity contribution in [3.05, 3.63) is 11.1 Å². The van der Waals surface area contributed by atoms with Crippen molar-refractivity contribution in [2.75, 3.05) is 13.2 Å². The van der Waals surface area contributed by atoms with Crippen LogP contribution in [-0.2, 0) is 38.2 Å². The van der Waals surface area contributed by atoms with Crippen LogP contribution in [0.4, 0.5) is 0 Å². The van der Waals surface area contributed by atoms with Crippen molar-refractivity contribution in [1.82, 2.24) is 10.6 Å². The molecule has 0 unspecified atom stereocenters. The van der Waals surface area contributed by atoms with Crippen LogP contribution >= 0.6 is 0 Å². The van der Waals surface area contributed by atoms with Gasteiger partial charge in [-0.3, -0.25) is 24.0 Å². The van der Waals surface area contributed by atoms with Gasteiger partial charge < -0.3 is 20.1 Å². The lowest BCUT2D eigenvalue weighted by Gasteiger charge is -2.30. The molecule has 1 aliphatic carbocycles. The zero-order valence-corrected chi connectivity index (χ0v) is 26.9. The lowest BCUT2D eigenvalue weighted by atomic mass is 9.72. The van der Waals surface area contributed by atoms with Crippen LogP contribution < -0.4 is 10.6 Å². The zero-order chi connectivity index (χ0) is 32.1. The number of Topliss-reactive ketones (excluding diaryl/α,β-unsaturated/α-hetero) is 2. The Morgan fingerprint density at radius 1 is 0.905 bits per heavy atom. The monoisotopic (exact) mass is 592 g/mol. The highest BCUT2D eigenvalue weighted by Gasteiger charge is 2.37. The van der Waals surface area contributed by atoms with E-state index in [-0.39, 0.29) is 43.0 Å². The molecule has 10 nitrogen and oxygen atoms in total. The lowest BCUT2D eigenvalue weighted by molar-refractivity contribution is -0.155. The Balaban J connectivity index is 2.63. The predicted octanol–water partition coefficient (Wildman–Crippen LogP) is 4.52. The van der Waals surface area contributed by atoms with Crippen molar-refractivity contribution < 1.29 is 38.2 Å². The normalized spacial score (nSPS) is 15.7. The van der Waals surface area contributed by atoms with E-state index in [1.807, 2.05) is 13.8 Å². The number of hydrogen-bond acceptors (Lipinski definition) is 8. The van der Waals surface area contributed by atoms with Crippen LogP contribution in [0.5, 0.6) is 0 Å². The molecule has 0 heterocycles. The molecule has 10 heteroatoms. The van der Waals surface area contributed by atoms with Crippen molar-refractivity contribution in [3.63, 3.8) is 0 Å². The molecule has 0 saturated heterocycles. The first-order valence-electron chi connectivity index (χ1n) is 15.2. The molecule has 0 aromatic heterocycles. The number of carbonyl (C=O) groups excluding carboxylic acids is 6. The summed E-state index contributed by atoms with van der Waals surface area (Å²) in [5.41, 5.74) is 0.366. The first-order valence-corrected chi connectivity index (χ1v) is 15.2. The minimum Gasteiger partial charge on any atom is -0.464 e. The Morgan fingerprint density at radius 2 is 1.52 bits per heavy atom. The second-order valence-electron chi connectivity index (χ2n) is 13.3. The summed E-state index contributed by atoms with van der Waals surface area (Å²) in [7, 11) is 0. The zero-order valence-electron chi connectivity index (χ0n) is 26.9. The van der Waals surface area contributed by atoms with Gasteiger partial charge in [0.1, 0.15) is 11.6 Å². The molecular weight excluding hydrogens is 540 g/mol. The molecule has 0 bridgehead atoms. The quantitative estimate of drug-likeness (QED) is 0.115. The molecule has 2 N–H and O–H groups in total. The largest absolute Gasteiger partial charge is 0.464 e. The number of esters is 2. The van der Waals surface area contributed by atoms with E-state index < -0.39 is 35.4 Å². The van der Waals surface area contributed by atoms with Crippen LogP contribution in [0.2, 0.25) is 0 Å². The predicted molar refractivity (Wildman–Crippen MR) is 159 cm³/mol. The van der Waals surface area contributed by atoms with Gasteiger partial charge in [0.15, 0.2) is 11.6 Å². The fourth-order valence-electron chi connectivity index (χ4n) is 4.96. The highest BCUT2D eigenvalue weighted by Crippen LogP contribution is 2.36. The van der Waals surface area contributed by atoms with Crippen molar-refractivity contribution in [2.45, 2.75) is 131 Å². The maximum atomic E-state index is 12.9. The second kappa shape index (κ2) is 17.2. The maximum absolute atomic E-state index is 12.9. The van der Waals surface area contributed by atoms with Gasteiger partial charge in [-0.15, -0.1) is 0 Å². The van der Waals surface area contributed by atoms with Crippen LogP contribution in [0.15, 0.2) is 11.1 Å². The van der Waals surface area contributed by atoms with E-state index in [0.29, 0.717) is 50.0 Å². The van der Waals surface area contributed by atoms with E-state index in [9.17, 15) is 28.8 Å². The fourth-order valence-corrected chi connectivity index (χ4v) is 4.96. The highest BCUT2D eigenvalue weighted by molar-refractivity contribution is 6.22. The number of nitrogens with one attached hydrogen (secondary N) is 2. The first-order chi connectivity index (χ1) is 19.4. The third-order valence-electron chi connectivity index (χ3n) is 6.64. The SMILES string of the molecule is CCOC(=O)[C@H](CCCCCC(CC(C)C)=C1C(=O)CC(C)(C)CC1=O)NC(=O)CNC(=O)CCC(=O)OC(C)(C)C. The molecule has 238 valence electrons. The number of ketones is 2. The van der Waals surface area contributed by atoms with E-state index in [4.69, 9.17) is 9.47 Å². The van der Waals surface area contributed by atoms with E-state index >= 15 is 0 Å². The highest BCUT2D eigenvalue weighted by atomic mass is 16.6. The number of allylic oxidation sites excluding steroid dienone is 2. The minimum atomic E-state index is -0.867. The molecule has 0 aromatic carbocycles. The van der Waals surface area contributed by atoms with Crippen molar-refractivity contribution in [3.8, 4) is 0 Å². The van der Waals surface area contributed by atoms with Crippen LogP contribution in [-0.4, -0.2) is 60.1 Å². The Labute approximate surface area is 251 Å². The van der Waals surface area contributed by atoms with E-state index in [1.165, 1.54) is 0 Å². The van der Waals surface area contributed by atoms with Crippen LogP contribution in [0.3, 0.4) is 0 Å². The van der Waals surface area contributed by atoms with Gasteiger partial charge in [0.05, 0.1) is 25.1 Å². The summed E-state index contributed by atoms with van der Waals surface area (Å²) in [6.45, 7) is 14.7. The standard InChI is InChI=1S/C32H52N2O8/c1-9-41-30(40)23(34-27(38)20-33-26(37)15-16-28(39)42-31(4,5)6)14-12-10-11-13-22(17-21(2)3)29-24(35)18-32(7,8)19-25(29)36/h21,23H,9-20H2,1-8H3,(H,33,37)(H,34,38)/t23-/m0/s1. The van der Waals surface area contributed by atoms with E-state index in [0.717, 1.165) is 18.4 Å². The van der Waals surface area contributed by atoms with Gasteiger partial charge in [-0.25, -0.2) is 4.79 Å². The Hall–Kier alpha value is -3.04. The Kier molecular flexibility index (Phi) is 15.1. The van der Waals surface area contributed by atoms with Gasteiger partial charge >= 0.3 is 11.9 Å². The molecule has 0 spiro atoms. The minimum absolute atomic E-state index is 0.0612. The molecule has 0 aliphatic heterocycles. The Bertz CT molecular complexity index is 998. The number of ether oxygens (including phenoxy) is 2. The first kappa shape index (κ1) is 37.0. The van der Waals surface area contributed by atoms with Gasteiger partial charge in [0.2, 0.25) is 11.8 Å². The molecule has 1 aliphatic rings. The summed E-state index contributed by atoms with van der Waals surface area (Å²) in [5, 5.41) is 5.08. The third kappa shape index (κ3) is 14.7. The molecule has 42 heavy (non-hydrogen) atoms. The molecule has 1 fully saturated rings. The van der Waals surface area contributed by atoms with Crippen molar-refractivity contribution in [1.29, 1.82) is 0 Å². The van der Waals surface area contributed by atoms with Crippen molar-refractivity contribution >= 4 is 35.3 Å². The second-order valence-corrected chi connectivity index (χ2v) is 13.3.